The van der Waals surface area contributed by atoms with Gasteiger partial charge in [0.2, 0.25) is 5.89 Å². The summed E-state index contributed by atoms with van der Waals surface area (Å²) < 4.78 is 17.1. The first kappa shape index (κ1) is 17.1. The predicted molar refractivity (Wildman–Crippen MR) is 102 cm³/mol. The van der Waals surface area contributed by atoms with Gasteiger partial charge in [-0.25, -0.2) is 4.98 Å². The Hall–Kier alpha value is -3.31. The topological polar surface area (TPSA) is 68.6 Å². The van der Waals surface area contributed by atoms with Gasteiger partial charge in [0.05, 0.1) is 6.26 Å². The fourth-order valence-electron chi connectivity index (χ4n) is 2.90. The third-order valence-corrected chi connectivity index (χ3v) is 4.38. The molecule has 0 aliphatic rings. The summed E-state index contributed by atoms with van der Waals surface area (Å²) in [7, 11) is 0. The van der Waals surface area contributed by atoms with Crippen LogP contribution in [0.15, 0.2) is 76.3 Å². The van der Waals surface area contributed by atoms with Gasteiger partial charge >= 0.3 is 0 Å². The highest BCUT2D eigenvalue weighted by Crippen LogP contribution is 2.30. The molecule has 2 aromatic carbocycles. The molecule has 0 saturated carbocycles. The smallest absolute Gasteiger partial charge is 0.226 e. The highest BCUT2D eigenvalue weighted by Gasteiger charge is 2.14. The normalized spacial score (nSPS) is 12.2. The monoisotopic (exact) mass is 361 g/mol. The van der Waals surface area contributed by atoms with Crippen molar-refractivity contribution in [1.82, 2.24) is 4.98 Å². The molecule has 5 nitrogen and oxygen atoms in total. The average Bonchev–Trinajstić information content (AvgIpc) is 3.29. The molecule has 1 atom stereocenters. The highest BCUT2D eigenvalue weighted by atomic mass is 16.5. The quantitative estimate of drug-likeness (QED) is 0.478. The molecule has 0 spiro atoms. The maximum Gasteiger partial charge on any atom is 0.226 e. The van der Waals surface area contributed by atoms with Crippen LogP contribution in [0.5, 0.6) is 5.75 Å². The first-order valence-corrected chi connectivity index (χ1v) is 8.62. The van der Waals surface area contributed by atoms with Crippen molar-refractivity contribution < 1.29 is 18.7 Å². The lowest BCUT2D eigenvalue weighted by Gasteiger charge is -2.05. The molecule has 136 valence electrons. The Balaban J connectivity index is 1.52. The summed E-state index contributed by atoms with van der Waals surface area (Å²) in [6, 6.07) is 15.3. The molecule has 0 bridgehead atoms. The molecule has 0 radical (unpaired) electrons. The molecule has 0 aliphatic carbocycles. The number of furan rings is 1. The van der Waals surface area contributed by atoms with Crippen LogP contribution < -0.4 is 4.74 Å². The fraction of sp³-hybridized carbons (Fsp3) is 0.136. The summed E-state index contributed by atoms with van der Waals surface area (Å²) in [5.74, 6) is 2.48. The van der Waals surface area contributed by atoms with Crippen LogP contribution in [-0.4, -0.2) is 10.1 Å². The molecule has 2 heterocycles. The van der Waals surface area contributed by atoms with Crippen LogP contribution in [0.2, 0.25) is 0 Å². The molecule has 1 unspecified atom stereocenters. The van der Waals surface area contributed by atoms with Gasteiger partial charge in [-0.15, -0.1) is 6.58 Å². The number of hydrogen-bond donors (Lipinski definition) is 1. The molecule has 0 fully saturated rings. The van der Waals surface area contributed by atoms with E-state index >= 15 is 0 Å². The van der Waals surface area contributed by atoms with Gasteiger partial charge in [0.1, 0.15) is 35.7 Å². The minimum Gasteiger partial charge on any atom is -0.487 e. The maximum absolute atomic E-state index is 9.90. The van der Waals surface area contributed by atoms with Crippen molar-refractivity contribution in [1.29, 1.82) is 0 Å². The summed E-state index contributed by atoms with van der Waals surface area (Å²) in [6.45, 7) is 5.76. The van der Waals surface area contributed by atoms with Gasteiger partial charge in [0.25, 0.3) is 0 Å². The summed E-state index contributed by atoms with van der Waals surface area (Å²) in [5.41, 5.74) is 1.68. The van der Waals surface area contributed by atoms with E-state index in [0.29, 0.717) is 24.0 Å². The van der Waals surface area contributed by atoms with E-state index in [4.69, 9.17) is 13.6 Å². The van der Waals surface area contributed by atoms with E-state index in [2.05, 4.69) is 11.6 Å². The molecule has 4 rings (SSSR count). The fourth-order valence-corrected chi connectivity index (χ4v) is 2.90. The van der Waals surface area contributed by atoms with E-state index in [1.807, 2.05) is 55.5 Å². The summed E-state index contributed by atoms with van der Waals surface area (Å²) in [6.07, 6.45) is 2.20. The second kappa shape index (κ2) is 7.13. The molecule has 27 heavy (non-hydrogen) atoms. The first-order valence-electron chi connectivity index (χ1n) is 8.62. The Bertz CT molecular complexity index is 1080. The molecule has 2 aromatic heterocycles. The zero-order chi connectivity index (χ0) is 18.8. The maximum atomic E-state index is 9.90. The second-order valence-corrected chi connectivity index (χ2v) is 6.21. The molecule has 4 aromatic rings. The summed E-state index contributed by atoms with van der Waals surface area (Å²) >= 11 is 0. The molecule has 0 amide bonds. The second-order valence-electron chi connectivity index (χ2n) is 6.21. The standard InChI is InChI=1S/C22H19NO4/c1-3-20(24)21-18-10-9-17(11-16(18)12-26-21)25-13-19-14(2)27-22(23-19)15-7-5-4-6-8-15/h3-12,20,24H,1,13H2,2H3. The molecule has 5 heteroatoms. The Labute approximate surface area is 156 Å². The van der Waals surface area contributed by atoms with Crippen LogP contribution in [-0.2, 0) is 6.61 Å². The van der Waals surface area contributed by atoms with Gasteiger partial charge in [-0.05, 0) is 37.3 Å². The lowest BCUT2D eigenvalue weighted by molar-refractivity contribution is 0.199. The average molecular weight is 361 g/mol. The number of fused-ring (bicyclic) bond motifs is 1. The Kier molecular flexibility index (Phi) is 4.52. The molecule has 0 aliphatic heterocycles. The van der Waals surface area contributed by atoms with Crippen molar-refractivity contribution in [2.45, 2.75) is 19.6 Å². The number of hydrogen-bond acceptors (Lipinski definition) is 5. The Morgan fingerprint density at radius 3 is 2.81 bits per heavy atom. The number of aliphatic hydroxyl groups excluding tert-OH is 1. The number of ether oxygens (including phenoxy) is 1. The van der Waals surface area contributed by atoms with Gasteiger partial charge in [-0.1, -0.05) is 24.3 Å². The largest absolute Gasteiger partial charge is 0.487 e. The van der Waals surface area contributed by atoms with Crippen molar-refractivity contribution in [2.24, 2.45) is 0 Å². The molecule has 0 saturated heterocycles. The third kappa shape index (κ3) is 3.37. The SMILES string of the molecule is C=CC(O)c1occ2cc(OCc3nc(-c4ccccc4)oc3C)ccc12. The van der Waals surface area contributed by atoms with Crippen LogP contribution in [0.25, 0.3) is 22.2 Å². The molecular formula is C22H19NO4. The minimum atomic E-state index is -0.830. The van der Waals surface area contributed by atoms with Crippen molar-refractivity contribution >= 4 is 10.8 Å². The van der Waals surface area contributed by atoms with Crippen LogP contribution in [0.3, 0.4) is 0 Å². The van der Waals surface area contributed by atoms with Gasteiger partial charge in [-0.3, -0.25) is 0 Å². The van der Waals surface area contributed by atoms with Crippen molar-refractivity contribution in [2.75, 3.05) is 0 Å². The molecule has 1 N–H and O–H groups in total. The first-order chi connectivity index (χ1) is 13.2. The third-order valence-electron chi connectivity index (χ3n) is 4.38. The lowest BCUT2D eigenvalue weighted by Crippen LogP contribution is -1.97. The van der Waals surface area contributed by atoms with Gasteiger partial charge in [0, 0.05) is 16.3 Å². The van der Waals surface area contributed by atoms with Crippen LogP contribution in [0.1, 0.15) is 23.3 Å². The lowest BCUT2D eigenvalue weighted by atomic mass is 10.1. The zero-order valence-corrected chi connectivity index (χ0v) is 14.9. The Morgan fingerprint density at radius 2 is 2.04 bits per heavy atom. The summed E-state index contributed by atoms with van der Waals surface area (Å²) in [4.78, 5) is 4.54. The van der Waals surface area contributed by atoms with Crippen LogP contribution in [0.4, 0.5) is 0 Å². The van der Waals surface area contributed by atoms with Crippen LogP contribution >= 0.6 is 0 Å². The number of aryl methyl sites for hydroxylation is 1. The molecular weight excluding hydrogens is 342 g/mol. The number of benzene rings is 2. The number of aromatic nitrogens is 1. The summed E-state index contributed by atoms with van der Waals surface area (Å²) in [5, 5.41) is 11.6. The van der Waals surface area contributed by atoms with E-state index in [-0.39, 0.29) is 0 Å². The van der Waals surface area contributed by atoms with E-state index < -0.39 is 6.10 Å². The van der Waals surface area contributed by atoms with E-state index in [9.17, 15) is 5.11 Å². The predicted octanol–water partition coefficient (Wildman–Crippen LogP) is 5.19. The number of nitrogens with zero attached hydrogens (tertiary/aromatic N) is 1. The number of rotatable bonds is 6. The van der Waals surface area contributed by atoms with Crippen molar-refractivity contribution in [3.05, 3.63) is 84.7 Å². The van der Waals surface area contributed by atoms with Crippen LogP contribution in [0, 0.1) is 6.92 Å². The number of oxazole rings is 1. The van der Waals surface area contributed by atoms with Gasteiger partial charge in [-0.2, -0.15) is 0 Å². The van der Waals surface area contributed by atoms with E-state index in [0.717, 1.165) is 27.8 Å². The van der Waals surface area contributed by atoms with Crippen molar-refractivity contribution in [3.8, 4) is 17.2 Å². The van der Waals surface area contributed by atoms with Gasteiger partial charge < -0.3 is 18.7 Å². The Morgan fingerprint density at radius 1 is 1.22 bits per heavy atom. The van der Waals surface area contributed by atoms with E-state index in [1.54, 1.807) is 6.26 Å². The van der Waals surface area contributed by atoms with Gasteiger partial charge in [0.15, 0.2) is 0 Å². The highest BCUT2D eigenvalue weighted by molar-refractivity contribution is 5.85. The van der Waals surface area contributed by atoms with E-state index in [1.165, 1.54) is 6.08 Å². The minimum absolute atomic E-state index is 0.299. The number of aliphatic hydroxyl groups is 1. The van der Waals surface area contributed by atoms with Crippen molar-refractivity contribution in [3.63, 3.8) is 0 Å². The zero-order valence-electron chi connectivity index (χ0n) is 14.9.